The Kier molecular flexibility index (Phi) is 5.36. The van der Waals surface area contributed by atoms with Crippen molar-refractivity contribution >= 4 is 40.1 Å². The average molecular weight is 287 g/mol. The van der Waals surface area contributed by atoms with Crippen LogP contribution in [0.5, 0.6) is 0 Å². The number of hydrogen-bond donors (Lipinski definition) is 2. The molecule has 1 rings (SSSR count). The second kappa shape index (κ2) is 6.55. The Bertz CT molecular complexity index is 444. The van der Waals surface area contributed by atoms with E-state index in [0.717, 1.165) is 11.8 Å². The Morgan fingerprint density at radius 1 is 1.39 bits per heavy atom. The maximum atomic E-state index is 11.7. The van der Waals surface area contributed by atoms with Crippen molar-refractivity contribution in [2.75, 3.05) is 0 Å². The number of rotatable bonds is 5. The third-order valence-corrected chi connectivity index (χ3v) is 4.10. The van der Waals surface area contributed by atoms with E-state index in [1.165, 1.54) is 18.3 Å². The Labute approximate surface area is 113 Å². The summed E-state index contributed by atoms with van der Waals surface area (Å²) in [5.41, 5.74) is 0. The first-order valence-electron chi connectivity index (χ1n) is 5.19. The topological polar surface area (TPSA) is 83.5 Å². The molecule has 0 aliphatic heterocycles. The summed E-state index contributed by atoms with van der Waals surface area (Å²) in [6.07, 6.45) is 0. The molecule has 0 saturated carbocycles. The molecule has 0 aliphatic rings. The lowest BCUT2D eigenvalue weighted by Gasteiger charge is -2.13. The van der Waals surface area contributed by atoms with Crippen LogP contribution in [0.3, 0.4) is 0 Å². The SMILES string of the molecule is CC(NC(=O)C(C)SC(=O)c1cccs1)C(=O)O. The van der Waals surface area contributed by atoms with Gasteiger partial charge < -0.3 is 10.4 Å². The fourth-order valence-electron chi connectivity index (χ4n) is 1.06. The van der Waals surface area contributed by atoms with Crippen molar-refractivity contribution in [2.24, 2.45) is 0 Å². The summed E-state index contributed by atoms with van der Waals surface area (Å²) in [6, 6.07) is 2.48. The largest absolute Gasteiger partial charge is 0.480 e. The minimum absolute atomic E-state index is 0.185. The molecule has 98 valence electrons. The predicted molar refractivity (Wildman–Crippen MR) is 70.9 cm³/mol. The van der Waals surface area contributed by atoms with E-state index in [-0.39, 0.29) is 5.12 Å². The van der Waals surface area contributed by atoms with Crippen molar-refractivity contribution in [3.63, 3.8) is 0 Å². The van der Waals surface area contributed by atoms with Gasteiger partial charge in [0, 0.05) is 0 Å². The molecule has 2 unspecified atom stereocenters. The quantitative estimate of drug-likeness (QED) is 0.859. The molecular weight excluding hydrogens is 274 g/mol. The van der Waals surface area contributed by atoms with Gasteiger partial charge in [-0.25, -0.2) is 0 Å². The maximum absolute atomic E-state index is 11.7. The zero-order valence-corrected chi connectivity index (χ0v) is 11.5. The van der Waals surface area contributed by atoms with Crippen LogP contribution in [0, 0.1) is 0 Å². The molecule has 1 heterocycles. The molecule has 0 saturated heterocycles. The van der Waals surface area contributed by atoms with Gasteiger partial charge in [-0.05, 0) is 25.3 Å². The molecule has 2 N–H and O–H groups in total. The average Bonchev–Trinajstić information content (AvgIpc) is 2.81. The van der Waals surface area contributed by atoms with Crippen molar-refractivity contribution in [1.29, 1.82) is 0 Å². The molecule has 0 aliphatic carbocycles. The van der Waals surface area contributed by atoms with Crippen molar-refractivity contribution in [1.82, 2.24) is 5.32 Å². The first-order chi connectivity index (χ1) is 8.41. The van der Waals surface area contributed by atoms with E-state index >= 15 is 0 Å². The summed E-state index contributed by atoms with van der Waals surface area (Å²) < 4.78 is 0. The van der Waals surface area contributed by atoms with Crippen LogP contribution in [0.4, 0.5) is 0 Å². The lowest BCUT2D eigenvalue weighted by molar-refractivity contribution is -0.141. The molecule has 1 aromatic heterocycles. The number of thioether (sulfide) groups is 1. The number of amides is 1. The highest BCUT2D eigenvalue weighted by Crippen LogP contribution is 2.21. The van der Waals surface area contributed by atoms with Crippen LogP contribution < -0.4 is 5.32 Å². The smallest absolute Gasteiger partial charge is 0.325 e. The summed E-state index contributed by atoms with van der Waals surface area (Å²) in [5, 5.41) is 12.0. The summed E-state index contributed by atoms with van der Waals surface area (Å²) in [6.45, 7) is 2.94. The molecule has 2 atom stereocenters. The number of carbonyl (C=O) groups is 3. The van der Waals surface area contributed by atoms with Gasteiger partial charge in [0.1, 0.15) is 6.04 Å². The minimum atomic E-state index is -1.11. The molecular formula is C11H13NO4S2. The molecule has 5 nitrogen and oxygen atoms in total. The van der Waals surface area contributed by atoms with Crippen LogP contribution in [0.2, 0.25) is 0 Å². The monoisotopic (exact) mass is 287 g/mol. The third kappa shape index (κ3) is 4.15. The Hall–Kier alpha value is -1.34. The third-order valence-electron chi connectivity index (χ3n) is 2.10. The molecule has 7 heteroatoms. The highest BCUT2D eigenvalue weighted by atomic mass is 32.2. The Balaban J connectivity index is 2.50. The van der Waals surface area contributed by atoms with Crippen LogP contribution in [0.25, 0.3) is 0 Å². The van der Waals surface area contributed by atoms with Crippen molar-refractivity contribution in [3.05, 3.63) is 22.4 Å². The normalized spacial score (nSPS) is 13.7. The molecule has 1 aromatic rings. The molecule has 0 bridgehead atoms. The standard InChI is InChI=1S/C11H13NO4S2/c1-6(10(14)15)12-9(13)7(2)18-11(16)8-4-3-5-17-8/h3-7H,1-2H3,(H,12,13)(H,14,15). The first-order valence-corrected chi connectivity index (χ1v) is 6.95. The van der Waals surface area contributed by atoms with Crippen LogP contribution in [0.15, 0.2) is 17.5 Å². The van der Waals surface area contributed by atoms with Gasteiger partial charge in [-0.3, -0.25) is 14.4 Å². The van der Waals surface area contributed by atoms with E-state index in [9.17, 15) is 14.4 Å². The van der Waals surface area contributed by atoms with Crippen LogP contribution >= 0.6 is 23.1 Å². The van der Waals surface area contributed by atoms with Crippen LogP contribution in [0.1, 0.15) is 23.5 Å². The van der Waals surface area contributed by atoms with Gasteiger partial charge in [-0.15, -0.1) is 11.3 Å². The highest BCUT2D eigenvalue weighted by molar-refractivity contribution is 8.15. The molecule has 0 spiro atoms. The number of aliphatic carboxylic acids is 1. The van der Waals surface area contributed by atoms with Gasteiger partial charge in [0.05, 0.1) is 10.1 Å². The van der Waals surface area contributed by atoms with E-state index in [1.807, 2.05) is 0 Å². The molecule has 1 amide bonds. The van der Waals surface area contributed by atoms with E-state index in [0.29, 0.717) is 4.88 Å². The van der Waals surface area contributed by atoms with Gasteiger partial charge in [0.2, 0.25) is 11.0 Å². The second-order valence-electron chi connectivity index (χ2n) is 3.59. The number of nitrogens with one attached hydrogen (secondary N) is 1. The van der Waals surface area contributed by atoms with Gasteiger partial charge >= 0.3 is 5.97 Å². The Morgan fingerprint density at radius 2 is 2.06 bits per heavy atom. The lowest BCUT2D eigenvalue weighted by Crippen LogP contribution is -2.42. The zero-order valence-electron chi connectivity index (χ0n) is 9.88. The van der Waals surface area contributed by atoms with E-state index in [4.69, 9.17) is 5.11 Å². The summed E-state index contributed by atoms with van der Waals surface area (Å²) in [4.78, 5) is 34.5. The summed E-state index contributed by atoms with van der Waals surface area (Å²) in [5.74, 6) is -1.56. The second-order valence-corrected chi connectivity index (χ2v) is 5.85. The van der Waals surface area contributed by atoms with Crippen LogP contribution in [-0.2, 0) is 9.59 Å². The molecule has 0 aromatic carbocycles. The minimum Gasteiger partial charge on any atom is -0.480 e. The highest BCUT2D eigenvalue weighted by Gasteiger charge is 2.22. The first kappa shape index (κ1) is 14.7. The number of carboxylic acid groups (broad SMARTS) is 1. The van der Waals surface area contributed by atoms with Gasteiger partial charge in [0.25, 0.3) is 0 Å². The number of carbonyl (C=O) groups excluding carboxylic acids is 2. The van der Waals surface area contributed by atoms with Crippen molar-refractivity contribution in [2.45, 2.75) is 25.1 Å². The zero-order chi connectivity index (χ0) is 13.7. The lowest BCUT2D eigenvalue weighted by atomic mass is 10.3. The van der Waals surface area contributed by atoms with E-state index in [1.54, 1.807) is 24.4 Å². The number of carboxylic acids is 1. The maximum Gasteiger partial charge on any atom is 0.325 e. The molecule has 0 fully saturated rings. The number of thiophene rings is 1. The fourth-order valence-corrected chi connectivity index (χ4v) is 2.59. The summed E-state index contributed by atoms with van der Waals surface area (Å²) in [7, 11) is 0. The fraction of sp³-hybridized carbons (Fsp3) is 0.364. The van der Waals surface area contributed by atoms with Gasteiger partial charge in [0.15, 0.2) is 0 Å². The van der Waals surface area contributed by atoms with Crippen molar-refractivity contribution < 1.29 is 19.5 Å². The number of hydrogen-bond acceptors (Lipinski definition) is 5. The predicted octanol–water partition coefficient (Wildman–Crippen LogP) is 1.60. The van der Waals surface area contributed by atoms with Crippen LogP contribution in [-0.4, -0.2) is 33.4 Å². The van der Waals surface area contributed by atoms with Gasteiger partial charge in [-0.1, -0.05) is 17.8 Å². The Morgan fingerprint density at radius 3 is 2.56 bits per heavy atom. The molecule has 18 heavy (non-hydrogen) atoms. The molecule has 0 radical (unpaired) electrons. The summed E-state index contributed by atoms with van der Waals surface area (Å²) >= 11 is 2.19. The van der Waals surface area contributed by atoms with Gasteiger partial charge in [-0.2, -0.15) is 0 Å². The van der Waals surface area contributed by atoms with Crippen molar-refractivity contribution in [3.8, 4) is 0 Å². The van der Waals surface area contributed by atoms with E-state index < -0.39 is 23.2 Å². The van der Waals surface area contributed by atoms with E-state index in [2.05, 4.69) is 5.32 Å².